The molecule has 1 saturated heterocycles. The van der Waals surface area contributed by atoms with E-state index >= 15 is 0 Å². The Morgan fingerprint density at radius 3 is 3.05 bits per heavy atom. The Bertz CT molecular complexity index is 386. The second-order valence-corrected chi connectivity index (χ2v) is 6.47. The van der Waals surface area contributed by atoms with Crippen LogP contribution in [0.5, 0.6) is 0 Å². The summed E-state index contributed by atoms with van der Waals surface area (Å²) in [5.74, 6) is 1.23. The van der Waals surface area contributed by atoms with Crippen LogP contribution in [0.25, 0.3) is 0 Å². The van der Waals surface area contributed by atoms with Crippen molar-refractivity contribution in [2.75, 3.05) is 44.0 Å². The lowest BCUT2D eigenvalue weighted by molar-refractivity contribution is 0.199. The van der Waals surface area contributed by atoms with Crippen LogP contribution in [0.2, 0.25) is 0 Å². The number of hydrogen-bond donors (Lipinski definition) is 1. The maximum atomic E-state index is 5.06. The molecule has 3 nitrogen and oxygen atoms in total. The first-order chi connectivity index (χ1) is 9.31. The molecule has 1 aromatic rings. The fraction of sp³-hybridized carbons (Fsp3) is 0.600. The minimum Gasteiger partial charge on any atom is -0.383 e. The zero-order valence-electron chi connectivity index (χ0n) is 11.9. The van der Waals surface area contributed by atoms with E-state index in [0.717, 1.165) is 38.0 Å². The first-order valence-electron chi connectivity index (χ1n) is 6.95. The largest absolute Gasteiger partial charge is 0.383 e. The van der Waals surface area contributed by atoms with Crippen LogP contribution in [0.3, 0.4) is 0 Å². The van der Waals surface area contributed by atoms with Crippen molar-refractivity contribution in [3.05, 3.63) is 29.8 Å². The molecule has 0 bridgehead atoms. The van der Waals surface area contributed by atoms with Crippen LogP contribution < -0.4 is 10.2 Å². The Morgan fingerprint density at radius 1 is 1.42 bits per heavy atom. The van der Waals surface area contributed by atoms with E-state index < -0.39 is 0 Å². The predicted molar refractivity (Wildman–Crippen MR) is 84.2 cm³/mol. The average molecular weight is 280 g/mol. The molecule has 0 spiro atoms. The van der Waals surface area contributed by atoms with E-state index in [1.807, 2.05) is 0 Å². The highest BCUT2D eigenvalue weighted by molar-refractivity contribution is 8.00. The summed E-state index contributed by atoms with van der Waals surface area (Å²) in [5.41, 5.74) is 2.78. The lowest BCUT2D eigenvalue weighted by Crippen LogP contribution is -2.37. The van der Waals surface area contributed by atoms with Crippen LogP contribution in [-0.4, -0.2) is 44.4 Å². The van der Waals surface area contributed by atoms with E-state index in [9.17, 15) is 0 Å². The molecule has 2 rings (SSSR count). The van der Waals surface area contributed by atoms with E-state index in [1.54, 1.807) is 7.11 Å². The van der Waals surface area contributed by atoms with Crippen molar-refractivity contribution in [1.82, 2.24) is 5.32 Å². The quantitative estimate of drug-likeness (QED) is 0.809. The van der Waals surface area contributed by atoms with E-state index in [-0.39, 0.29) is 0 Å². The Balaban J connectivity index is 1.99. The Kier molecular flexibility index (Phi) is 6.01. The number of rotatable bonds is 6. The summed E-state index contributed by atoms with van der Waals surface area (Å²) in [4.78, 5) is 2.52. The first kappa shape index (κ1) is 14.7. The van der Waals surface area contributed by atoms with Crippen LogP contribution in [0, 0.1) is 0 Å². The molecule has 106 valence electrons. The first-order valence-corrected chi connectivity index (χ1v) is 8.00. The Morgan fingerprint density at radius 2 is 2.26 bits per heavy atom. The molecule has 0 saturated carbocycles. The monoisotopic (exact) mass is 280 g/mol. The fourth-order valence-electron chi connectivity index (χ4n) is 2.40. The highest BCUT2D eigenvalue weighted by atomic mass is 32.2. The standard InChI is InChI=1S/C15H24N2OS/c1-13-12-17(8-10-19-13)15-6-4-3-5-14(15)11-16-7-9-18-2/h3-6,13,16H,7-12H2,1-2H3. The summed E-state index contributed by atoms with van der Waals surface area (Å²) in [7, 11) is 1.74. The van der Waals surface area contributed by atoms with Gasteiger partial charge in [0.25, 0.3) is 0 Å². The van der Waals surface area contributed by atoms with Crippen LogP contribution in [0.4, 0.5) is 5.69 Å². The van der Waals surface area contributed by atoms with Crippen LogP contribution >= 0.6 is 11.8 Å². The molecule has 0 aromatic heterocycles. The van der Waals surface area contributed by atoms with Gasteiger partial charge < -0.3 is 15.0 Å². The van der Waals surface area contributed by atoms with Gasteiger partial charge in [0.05, 0.1) is 6.61 Å². The van der Waals surface area contributed by atoms with Gasteiger partial charge in [-0.2, -0.15) is 11.8 Å². The number of nitrogens with one attached hydrogen (secondary N) is 1. The predicted octanol–water partition coefficient (Wildman–Crippen LogP) is 2.36. The van der Waals surface area contributed by atoms with Gasteiger partial charge in [0.15, 0.2) is 0 Å². The number of ether oxygens (including phenoxy) is 1. The van der Waals surface area contributed by atoms with Crippen molar-refractivity contribution in [1.29, 1.82) is 0 Å². The number of nitrogens with zero attached hydrogens (tertiary/aromatic N) is 1. The number of benzene rings is 1. The molecular formula is C15H24N2OS. The summed E-state index contributed by atoms with van der Waals surface area (Å²) in [5, 5.41) is 4.16. The summed E-state index contributed by atoms with van der Waals surface area (Å²) in [6.45, 7) is 7.20. The zero-order chi connectivity index (χ0) is 13.5. The van der Waals surface area contributed by atoms with Crippen LogP contribution in [-0.2, 0) is 11.3 Å². The van der Waals surface area contributed by atoms with Gasteiger partial charge in [-0.3, -0.25) is 0 Å². The topological polar surface area (TPSA) is 24.5 Å². The number of anilines is 1. The lowest BCUT2D eigenvalue weighted by atomic mass is 10.1. The van der Waals surface area contributed by atoms with E-state index in [1.165, 1.54) is 17.0 Å². The number of methoxy groups -OCH3 is 1. The summed E-state index contributed by atoms with van der Waals surface area (Å²) >= 11 is 2.07. The van der Waals surface area contributed by atoms with Gasteiger partial charge in [0, 0.05) is 50.0 Å². The average Bonchev–Trinajstić information content (AvgIpc) is 2.44. The normalized spacial score (nSPS) is 19.7. The van der Waals surface area contributed by atoms with Crippen molar-refractivity contribution in [2.24, 2.45) is 0 Å². The highest BCUT2D eigenvalue weighted by Crippen LogP contribution is 2.26. The Labute approximate surface area is 120 Å². The third-order valence-electron chi connectivity index (χ3n) is 3.37. The maximum Gasteiger partial charge on any atom is 0.0587 e. The van der Waals surface area contributed by atoms with Crippen LogP contribution in [0.1, 0.15) is 12.5 Å². The van der Waals surface area contributed by atoms with Crippen molar-refractivity contribution in [2.45, 2.75) is 18.7 Å². The molecule has 19 heavy (non-hydrogen) atoms. The summed E-state index contributed by atoms with van der Waals surface area (Å²) < 4.78 is 5.06. The molecule has 1 fully saturated rings. The zero-order valence-corrected chi connectivity index (χ0v) is 12.7. The molecule has 0 aliphatic carbocycles. The van der Waals surface area contributed by atoms with Gasteiger partial charge in [-0.1, -0.05) is 25.1 Å². The summed E-state index contributed by atoms with van der Waals surface area (Å²) in [6.07, 6.45) is 0. The minimum atomic E-state index is 0.725. The van der Waals surface area contributed by atoms with Gasteiger partial charge in [0.2, 0.25) is 0 Å². The fourth-order valence-corrected chi connectivity index (χ4v) is 3.42. The second-order valence-electron chi connectivity index (χ2n) is 4.93. The molecule has 1 aliphatic rings. The van der Waals surface area contributed by atoms with E-state index in [0.29, 0.717) is 0 Å². The van der Waals surface area contributed by atoms with Crippen molar-refractivity contribution in [3.63, 3.8) is 0 Å². The molecule has 1 aromatic carbocycles. The van der Waals surface area contributed by atoms with Crippen molar-refractivity contribution >= 4 is 17.4 Å². The smallest absolute Gasteiger partial charge is 0.0587 e. The molecule has 4 heteroatoms. The molecule has 1 heterocycles. The molecule has 1 atom stereocenters. The number of para-hydroxylation sites is 1. The molecular weight excluding hydrogens is 256 g/mol. The highest BCUT2D eigenvalue weighted by Gasteiger charge is 2.18. The van der Waals surface area contributed by atoms with Crippen molar-refractivity contribution in [3.8, 4) is 0 Å². The SMILES string of the molecule is COCCNCc1ccccc1N1CCSC(C)C1. The van der Waals surface area contributed by atoms with Gasteiger partial charge in [0.1, 0.15) is 0 Å². The van der Waals surface area contributed by atoms with Gasteiger partial charge in [-0.15, -0.1) is 0 Å². The molecule has 0 amide bonds. The molecule has 1 N–H and O–H groups in total. The van der Waals surface area contributed by atoms with Crippen molar-refractivity contribution < 1.29 is 4.74 Å². The summed E-state index contributed by atoms with van der Waals surface area (Å²) in [6, 6.07) is 8.73. The molecule has 0 radical (unpaired) electrons. The third-order valence-corrected chi connectivity index (χ3v) is 4.51. The molecule has 1 aliphatic heterocycles. The maximum absolute atomic E-state index is 5.06. The molecule has 1 unspecified atom stereocenters. The van der Waals surface area contributed by atoms with Gasteiger partial charge in [-0.25, -0.2) is 0 Å². The third kappa shape index (κ3) is 4.41. The van der Waals surface area contributed by atoms with Gasteiger partial charge in [-0.05, 0) is 11.6 Å². The van der Waals surface area contributed by atoms with Crippen LogP contribution in [0.15, 0.2) is 24.3 Å². The number of hydrogen-bond acceptors (Lipinski definition) is 4. The van der Waals surface area contributed by atoms with E-state index in [2.05, 4.69) is 53.2 Å². The number of thioether (sulfide) groups is 1. The minimum absolute atomic E-state index is 0.725. The van der Waals surface area contributed by atoms with Gasteiger partial charge >= 0.3 is 0 Å². The lowest BCUT2D eigenvalue weighted by Gasteiger charge is -2.33. The van der Waals surface area contributed by atoms with E-state index in [4.69, 9.17) is 4.74 Å². The Hall–Kier alpha value is -0.710. The second kappa shape index (κ2) is 7.78.